The van der Waals surface area contributed by atoms with Gasteiger partial charge in [-0.15, -0.1) is 0 Å². The van der Waals surface area contributed by atoms with Crippen molar-refractivity contribution in [3.8, 4) is 17.6 Å². The van der Waals surface area contributed by atoms with Gasteiger partial charge in [-0.05, 0) is 18.2 Å². The largest absolute Gasteiger partial charge is 0.493 e. The number of rotatable bonds is 9. The number of benzene rings is 1. The lowest BCUT2D eigenvalue weighted by Gasteiger charge is -2.11. The highest BCUT2D eigenvalue weighted by Crippen LogP contribution is 2.28. The van der Waals surface area contributed by atoms with Crippen molar-refractivity contribution in [2.24, 2.45) is 0 Å². The molecule has 0 atom stereocenters. The number of hydrogen-bond acceptors (Lipinski definition) is 6. The summed E-state index contributed by atoms with van der Waals surface area (Å²) in [6.45, 7) is 3.66. The van der Waals surface area contributed by atoms with Crippen LogP contribution < -0.4 is 14.8 Å². The standard InChI is InChI=1S/C16H18N2O5/c1-3-9-22-13-6-5-12(10-14(13)21-2)16(20)23-11-15(19)18-8-4-7-17/h3,5-6,10H,1,4,8-9,11H2,2H3,(H,18,19). The highest BCUT2D eigenvalue weighted by atomic mass is 16.5. The number of amides is 1. The lowest BCUT2D eigenvalue weighted by molar-refractivity contribution is -0.124. The molecule has 23 heavy (non-hydrogen) atoms. The fourth-order valence-electron chi connectivity index (χ4n) is 1.59. The van der Waals surface area contributed by atoms with Gasteiger partial charge in [0.25, 0.3) is 5.91 Å². The Morgan fingerprint density at radius 1 is 1.39 bits per heavy atom. The summed E-state index contributed by atoms with van der Waals surface area (Å²) in [4.78, 5) is 23.3. The summed E-state index contributed by atoms with van der Waals surface area (Å²) >= 11 is 0. The smallest absolute Gasteiger partial charge is 0.338 e. The first-order chi connectivity index (χ1) is 11.1. The van der Waals surface area contributed by atoms with Gasteiger partial charge in [-0.1, -0.05) is 12.7 Å². The fourth-order valence-corrected chi connectivity index (χ4v) is 1.59. The molecule has 1 amide bonds. The second-order valence-electron chi connectivity index (χ2n) is 4.30. The van der Waals surface area contributed by atoms with Crippen LogP contribution in [0.1, 0.15) is 16.8 Å². The van der Waals surface area contributed by atoms with E-state index >= 15 is 0 Å². The third-order valence-corrected chi connectivity index (χ3v) is 2.65. The fraction of sp³-hybridized carbons (Fsp3) is 0.312. The Balaban J connectivity index is 2.60. The van der Waals surface area contributed by atoms with Crippen LogP contribution in [-0.4, -0.2) is 38.7 Å². The van der Waals surface area contributed by atoms with Crippen molar-refractivity contribution in [3.05, 3.63) is 36.4 Å². The third kappa shape index (κ3) is 6.09. The van der Waals surface area contributed by atoms with Crippen molar-refractivity contribution in [1.29, 1.82) is 5.26 Å². The topological polar surface area (TPSA) is 97.6 Å². The molecule has 1 aromatic carbocycles. The molecule has 122 valence electrons. The van der Waals surface area contributed by atoms with Crippen molar-refractivity contribution >= 4 is 11.9 Å². The van der Waals surface area contributed by atoms with Crippen LogP contribution in [0.2, 0.25) is 0 Å². The first-order valence-electron chi connectivity index (χ1n) is 6.85. The van der Waals surface area contributed by atoms with Crippen LogP contribution in [0.15, 0.2) is 30.9 Å². The molecule has 1 aromatic rings. The van der Waals surface area contributed by atoms with Crippen molar-refractivity contribution in [3.63, 3.8) is 0 Å². The highest BCUT2D eigenvalue weighted by molar-refractivity contribution is 5.92. The van der Waals surface area contributed by atoms with Crippen molar-refractivity contribution in [2.45, 2.75) is 6.42 Å². The Hall–Kier alpha value is -3.01. The van der Waals surface area contributed by atoms with Gasteiger partial charge in [-0.3, -0.25) is 4.79 Å². The Bertz CT molecular complexity index is 607. The third-order valence-electron chi connectivity index (χ3n) is 2.65. The van der Waals surface area contributed by atoms with E-state index in [1.54, 1.807) is 12.1 Å². The van der Waals surface area contributed by atoms with Crippen LogP contribution in [0.25, 0.3) is 0 Å². The predicted octanol–water partition coefficient (Wildman–Crippen LogP) is 1.45. The number of ether oxygens (including phenoxy) is 3. The summed E-state index contributed by atoms with van der Waals surface area (Å²) < 4.78 is 15.4. The SMILES string of the molecule is C=CCOc1ccc(C(=O)OCC(=O)NCCC#N)cc1OC. The molecule has 0 heterocycles. The average molecular weight is 318 g/mol. The number of hydrogen-bond donors (Lipinski definition) is 1. The van der Waals surface area contributed by atoms with Gasteiger partial charge in [0.15, 0.2) is 18.1 Å². The molecule has 1 N–H and O–H groups in total. The number of esters is 1. The summed E-state index contributed by atoms with van der Waals surface area (Å²) in [6.07, 6.45) is 1.79. The maximum Gasteiger partial charge on any atom is 0.338 e. The van der Waals surface area contributed by atoms with E-state index in [0.717, 1.165) is 0 Å². The van der Waals surface area contributed by atoms with Gasteiger partial charge in [0, 0.05) is 6.54 Å². The minimum atomic E-state index is -0.658. The number of carbonyl (C=O) groups is 2. The molecule has 0 fully saturated rings. The number of nitrogens with zero attached hydrogens (tertiary/aromatic N) is 1. The highest BCUT2D eigenvalue weighted by Gasteiger charge is 2.13. The molecule has 0 aliphatic heterocycles. The van der Waals surface area contributed by atoms with Crippen molar-refractivity contribution < 1.29 is 23.8 Å². The van der Waals surface area contributed by atoms with Crippen LogP contribution in [-0.2, 0) is 9.53 Å². The summed E-state index contributed by atoms with van der Waals surface area (Å²) in [5, 5.41) is 10.8. The minimum Gasteiger partial charge on any atom is -0.493 e. The second kappa shape index (κ2) is 9.84. The molecule has 1 rings (SSSR count). The van der Waals surface area contributed by atoms with Crippen LogP contribution in [0.3, 0.4) is 0 Å². The van der Waals surface area contributed by atoms with Crippen molar-refractivity contribution in [2.75, 3.05) is 26.9 Å². The van der Waals surface area contributed by atoms with Gasteiger partial charge in [0.2, 0.25) is 0 Å². The predicted molar refractivity (Wildman–Crippen MR) is 82.2 cm³/mol. The first kappa shape index (κ1) is 18.0. The second-order valence-corrected chi connectivity index (χ2v) is 4.30. The van der Waals surface area contributed by atoms with Crippen LogP contribution in [0.4, 0.5) is 0 Å². The Kier molecular flexibility index (Phi) is 7.72. The van der Waals surface area contributed by atoms with E-state index in [2.05, 4.69) is 11.9 Å². The van der Waals surface area contributed by atoms with Crippen molar-refractivity contribution in [1.82, 2.24) is 5.32 Å². The molecular weight excluding hydrogens is 300 g/mol. The maximum absolute atomic E-state index is 11.9. The zero-order valence-corrected chi connectivity index (χ0v) is 12.8. The van der Waals surface area contributed by atoms with Gasteiger partial charge in [0.1, 0.15) is 6.61 Å². The van der Waals surface area contributed by atoms with Crippen LogP contribution >= 0.6 is 0 Å². The van der Waals surface area contributed by atoms with E-state index in [1.807, 2.05) is 6.07 Å². The van der Waals surface area contributed by atoms with E-state index in [9.17, 15) is 9.59 Å². The molecule has 0 saturated carbocycles. The summed E-state index contributed by atoms with van der Waals surface area (Å²) in [5.74, 6) is -0.279. The molecule has 0 aliphatic rings. The van der Waals surface area contributed by atoms with Gasteiger partial charge < -0.3 is 19.5 Å². The van der Waals surface area contributed by atoms with Gasteiger partial charge in [-0.2, -0.15) is 5.26 Å². The summed E-state index contributed by atoms with van der Waals surface area (Å²) in [7, 11) is 1.45. The van der Waals surface area contributed by atoms with Crippen LogP contribution in [0, 0.1) is 11.3 Å². The number of nitrogens with one attached hydrogen (secondary N) is 1. The van der Waals surface area contributed by atoms with Crippen LogP contribution in [0.5, 0.6) is 11.5 Å². The van der Waals surface area contributed by atoms with E-state index in [-0.39, 0.29) is 18.5 Å². The zero-order valence-electron chi connectivity index (χ0n) is 12.8. The van der Waals surface area contributed by atoms with E-state index in [4.69, 9.17) is 19.5 Å². The minimum absolute atomic E-state index is 0.197. The molecule has 0 radical (unpaired) electrons. The first-order valence-corrected chi connectivity index (χ1v) is 6.85. The zero-order chi connectivity index (χ0) is 17.1. The van der Waals surface area contributed by atoms with Gasteiger partial charge >= 0.3 is 5.97 Å². The lowest BCUT2D eigenvalue weighted by Crippen LogP contribution is -2.29. The summed E-state index contributed by atoms with van der Waals surface area (Å²) in [5.41, 5.74) is 0.234. The molecule has 0 spiro atoms. The van der Waals surface area contributed by atoms with E-state index in [0.29, 0.717) is 18.1 Å². The van der Waals surface area contributed by atoms with E-state index in [1.165, 1.54) is 19.2 Å². The molecule has 0 bridgehead atoms. The quantitative estimate of drug-likeness (QED) is 0.420. The molecule has 0 aromatic heterocycles. The number of carbonyl (C=O) groups excluding carboxylic acids is 2. The molecule has 0 saturated heterocycles. The Labute approximate surface area is 134 Å². The summed E-state index contributed by atoms with van der Waals surface area (Å²) in [6, 6.07) is 6.44. The molecule has 7 heteroatoms. The monoisotopic (exact) mass is 318 g/mol. The van der Waals surface area contributed by atoms with Gasteiger partial charge in [0.05, 0.1) is 25.2 Å². The Morgan fingerprint density at radius 3 is 2.83 bits per heavy atom. The lowest BCUT2D eigenvalue weighted by atomic mass is 10.2. The molecular formula is C16H18N2O5. The van der Waals surface area contributed by atoms with Gasteiger partial charge in [-0.25, -0.2) is 4.79 Å². The Morgan fingerprint density at radius 2 is 2.17 bits per heavy atom. The number of nitriles is 1. The normalized spacial score (nSPS) is 9.39. The molecule has 0 unspecified atom stereocenters. The molecule has 7 nitrogen and oxygen atoms in total. The number of methoxy groups -OCH3 is 1. The maximum atomic E-state index is 11.9. The van der Waals surface area contributed by atoms with E-state index < -0.39 is 18.5 Å². The molecule has 0 aliphatic carbocycles. The average Bonchev–Trinajstić information content (AvgIpc) is 2.57.